The molecule has 120 valence electrons. The Hall–Kier alpha value is -2.21. The van der Waals surface area contributed by atoms with E-state index in [9.17, 15) is 4.79 Å². The molecule has 1 aromatic carbocycles. The predicted molar refractivity (Wildman–Crippen MR) is 84.5 cm³/mol. The summed E-state index contributed by atoms with van der Waals surface area (Å²) in [4.78, 5) is 16.4. The van der Waals surface area contributed by atoms with Gasteiger partial charge < -0.3 is 9.64 Å². The molecule has 0 N–H and O–H groups in total. The van der Waals surface area contributed by atoms with Crippen LogP contribution < -0.4 is 0 Å². The van der Waals surface area contributed by atoms with Gasteiger partial charge in [-0.3, -0.25) is 4.79 Å². The molecule has 1 aliphatic carbocycles. The molecule has 1 aliphatic heterocycles. The number of aryl methyl sites for hydroxylation is 1. The first kappa shape index (κ1) is 14.4. The van der Waals surface area contributed by atoms with Crippen LogP contribution in [-0.4, -0.2) is 51.1 Å². The molecule has 1 saturated carbocycles. The summed E-state index contributed by atoms with van der Waals surface area (Å²) in [5, 5.41) is 8.85. The number of amides is 1. The molecule has 6 nitrogen and oxygen atoms in total. The Morgan fingerprint density at radius 3 is 2.87 bits per heavy atom. The zero-order valence-electron chi connectivity index (χ0n) is 13.2. The van der Waals surface area contributed by atoms with Crippen molar-refractivity contribution in [2.45, 2.75) is 38.3 Å². The molecule has 2 atom stereocenters. The lowest BCUT2D eigenvalue weighted by Gasteiger charge is -2.37. The Morgan fingerprint density at radius 2 is 2.04 bits per heavy atom. The van der Waals surface area contributed by atoms with E-state index in [1.807, 2.05) is 42.2 Å². The van der Waals surface area contributed by atoms with Crippen molar-refractivity contribution in [1.82, 2.24) is 19.9 Å². The third-order valence-electron chi connectivity index (χ3n) is 4.71. The van der Waals surface area contributed by atoms with Crippen LogP contribution in [0.1, 0.15) is 35.4 Å². The Morgan fingerprint density at radius 1 is 1.22 bits per heavy atom. The molecule has 2 fully saturated rings. The Balaban J connectivity index is 1.62. The van der Waals surface area contributed by atoms with Crippen molar-refractivity contribution in [2.75, 3.05) is 13.2 Å². The summed E-state index contributed by atoms with van der Waals surface area (Å²) in [7, 11) is 0. The highest BCUT2D eigenvalue weighted by Crippen LogP contribution is 2.30. The van der Waals surface area contributed by atoms with Gasteiger partial charge in [0, 0.05) is 6.54 Å². The summed E-state index contributed by atoms with van der Waals surface area (Å²) in [5.74, 6) is -0.0233. The zero-order chi connectivity index (χ0) is 15.8. The normalized spacial score (nSPS) is 23.8. The van der Waals surface area contributed by atoms with Crippen LogP contribution in [0.15, 0.2) is 30.3 Å². The maximum Gasteiger partial charge on any atom is 0.276 e. The Kier molecular flexibility index (Phi) is 3.61. The first-order valence-electron chi connectivity index (χ1n) is 8.16. The number of rotatable bonds is 2. The maximum absolute atomic E-state index is 13.0. The molecule has 1 saturated heterocycles. The van der Waals surface area contributed by atoms with E-state index >= 15 is 0 Å². The molecule has 2 aromatic rings. The zero-order valence-corrected chi connectivity index (χ0v) is 13.2. The summed E-state index contributed by atoms with van der Waals surface area (Å²) in [5.41, 5.74) is 1.97. The monoisotopic (exact) mass is 312 g/mol. The van der Waals surface area contributed by atoms with Gasteiger partial charge >= 0.3 is 0 Å². The smallest absolute Gasteiger partial charge is 0.276 e. The van der Waals surface area contributed by atoms with Gasteiger partial charge in [-0.25, -0.2) is 0 Å². The van der Waals surface area contributed by atoms with Crippen LogP contribution in [0, 0.1) is 6.92 Å². The average Bonchev–Trinajstić information content (AvgIpc) is 3.21. The fourth-order valence-corrected chi connectivity index (χ4v) is 3.57. The molecule has 0 bridgehead atoms. The molecule has 1 aromatic heterocycles. The Bertz CT molecular complexity index is 713. The van der Waals surface area contributed by atoms with Crippen molar-refractivity contribution in [1.29, 1.82) is 0 Å². The minimum Gasteiger partial charge on any atom is -0.374 e. The van der Waals surface area contributed by atoms with Crippen LogP contribution in [0.2, 0.25) is 0 Å². The molecule has 2 heterocycles. The molecule has 1 amide bonds. The van der Waals surface area contributed by atoms with Gasteiger partial charge in [0.2, 0.25) is 0 Å². The lowest BCUT2D eigenvalue weighted by atomic mass is 10.1. The van der Waals surface area contributed by atoms with Gasteiger partial charge in [-0.05, 0) is 38.3 Å². The number of nitrogens with zero attached hydrogens (tertiary/aromatic N) is 4. The number of para-hydroxylation sites is 1. The summed E-state index contributed by atoms with van der Waals surface area (Å²) in [6, 6.07) is 9.85. The van der Waals surface area contributed by atoms with E-state index in [0.717, 1.165) is 24.9 Å². The second kappa shape index (κ2) is 5.77. The number of ether oxygens (including phenoxy) is 1. The number of hydrogen-bond acceptors (Lipinski definition) is 4. The largest absolute Gasteiger partial charge is 0.374 e. The first-order valence-corrected chi connectivity index (χ1v) is 8.16. The molecular formula is C17H20N4O2. The van der Waals surface area contributed by atoms with Gasteiger partial charge in [0.25, 0.3) is 5.91 Å². The van der Waals surface area contributed by atoms with Gasteiger partial charge in [0.1, 0.15) is 0 Å². The van der Waals surface area contributed by atoms with E-state index in [1.54, 1.807) is 0 Å². The highest BCUT2D eigenvalue weighted by atomic mass is 16.5. The predicted octanol–water partition coefficient (Wildman–Crippen LogP) is 1.97. The van der Waals surface area contributed by atoms with E-state index in [4.69, 9.17) is 4.74 Å². The van der Waals surface area contributed by atoms with Gasteiger partial charge in [-0.1, -0.05) is 18.2 Å². The van der Waals surface area contributed by atoms with Crippen molar-refractivity contribution >= 4 is 5.91 Å². The van der Waals surface area contributed by atoms with Crippen molar-refractivity contribution < 1.29 is 9.53 Å². The lowest BCUT2D eigenvalue weighted by molar-refractivity contribution is -0.0447. The average molecular weight is 312 g/mol. The fraction of sp³-hybridized carbons (Fsp3) is 0.471. The van der Waals surface area contributed by atoms with Crippen LogP contribution >= 0.6 is 0 Å². The number of aromatic nitrogens is 3. The van der Waals surface area contributed by atoms with E-state index in [1.165, 1.54) is 4.80 Å². The summed E-state index contributed by atoms with van der Waals surface area (Å²) in [6.45, 7) is 3.09. The molecule has 6 heteroatoms. The Labute approximate surface area is 135 Å². The molecule has 0 unspecified atom stereocenters. The molecule has 23 heavy (non-hydrogen) atoms. The van der Waals surface area contributed by atoms with Gasteiger partial charge in [-0.2, -0.15) is 9.90 Å². The minimum absolute atomic E-state index is 0.0233. The number of benzene rings is 1. The van der Waals surface area contributed by atoms with Gasteiger partial charge in [0.05, 0.1) is 30.1 Å². The molecule has 0 radical (unpaired) electrons. The van der Waals surface area contributed by atoms with Gasteiger partial charge in [-0.15, -0.1) is 5.10 Å². The van der Waals surface area contributed by atoms with E-state index < -0.39 is 0 Å². The number of hydrogen-bond donors (Lipinski definition) is 0. The molecule has 0 spiro atoms. The quantitative estimate of drug-likeness (QED) is 0.850. The number of fused-ring (bicyclic) bond motifs is 1. The minimum atomic E-state index is -0.0233. The van der Waals surface area contributed by atoms with Crippen LogP contribution in [0.4, 0.5) is 0 Å². The third-order valence-corrected chi connectivity index (χ3v) is 4.71. The highest BCUT2D eigenvalue weighted by molar-refractivity contribution is 5.93. The summed E-state index contributed by atoms with van der Waals surface area (Å²) >= 11 is 0. The number of morpholine rings is 1. The number of carbonyl (C=O) groups is 1. The number of carbonyl (C=O) groups excluding carboxylic acids is 1. The van der Waals surface area contributed by atoms with Crippen LogP contribution in [0.5, 0.6) is 0 Å². The molecule has 2 aliphatic rings. The van der Waals surface area contributed by atoms with E-state index in [0.29, 0.717) is 24.5 Å². The highest BCUT2D eigenvalue weighted by Gasteiger charge is 2.39. The third kappa shape index (κ3) is 2.53. The van der Waals surface area contributed by atoms with Crippen LogP contribution in [0.25, 0.3) is 5.69 Å². The van der Waals surface area contributed by atoms with E-state index in [2.05, 4.69) is 10.2 Å². The van der Waals surface area contributed by atoms with E-state index in [-0.39, 0.29) is 18.1 Å². The van der Waals surface area contributed by atoms with Crippen LogP contribution in [-0.2, 0) is 4.74 Å². The van der Waals surface area contributed by atoms with Crippen molar-refractivity contribution in [3.63, 3.8) is 0 Å². The fourth-order valence-electron chi connectivity index (χ4n) is 3.57. The summed E-state index contributed by atoms with van der Waals surface area (Å²) < 4.78 is 5.79. The van der Waals surface area contributed by atoms with Gasteiger partial charge in [0.15, 0.2) is 5.69 Å². The SMILES string of the molecule is Cc1nn(-c2ccccc2)nc1C(=O)N1CCO[C@H]2CCC[C@H]21. The van der Waals surface area contributed by atoms with Crippen LogP contribution in [0.3, 0.4) is 0 Å². The second-order valence-corrected chi connectivity index (χ2v) is 6.17. The van der Waals surface area contributed by atoms with Crippen molar-refractivity contribution in [2.24, 2.45) is 0 Å². The topological polar surface area (TPSA) is 60.2 Å². The maximum atomic E-state index is 13.0. The first-order chi connectivity index (χ1) is 11.2. The van der Waals surface area contributed by atoms with Crippen molar-refractivity contribution in [3.8, 4) is 5.69 Å². The summed E-state index contributed by atoms with van der Waals surface area (Å²) in [6.07, 6.45) is 3.37. The second-order valence-electron chi connectivity index (χ2n) is 6.17. The van der Waals surface area contributed by atoms with Crippen molar-refractivity contribution in [3.05, 3.63) is 41.7 Å². The standard InChI is InChI=1S/C17H20N4O2/c1-12-16(19-21(18-12)13-6-3-2-4-7-13)17(22)20-10-11-23-15-9-5-8-14(15)20/h2-4,6-7,14-15H,5,8-11H2,1H3/t14-,15+/m1/s1. The molecule has 4 rings (SSSR count). The lowest BCUT2D eigenvalue weighted by Crippen LogP contribution is -2.51. The molecular weight excluding hydrogens is 292 g/mol.